The molecule has 192 valence electrons. The first-order valence-electron chi connectivity index (χ1n) is 11.8. The first-order valence-corrected chi connectivity index (χ1v) is 11.8. The summed E-state index contributed by atoms with van der Waals surface area (Å²) in [6, 6.07) is 16.1. The van der Waals surface area contributed by atoms with Gasteiger partial charge in [0.05, 0.1) is 23.0 Å². The van der Waals surface area contributed by atoms with Crippen LogP contribution in [-0.2, 0) is 35.3 Å². The molecule has 0 atom stereocenters. The quantitative estimate of drug-likeness (QED) is 0.330. The molecule has 4 aromatic rings. The minimum Gasteiger partial charge on any atom is -0.480 e. The van der Waals surface area contributed by atoms with Crippen LogP contribution in [0.2, 0.25) is 0 Å². The van der Waals surface area contributed by atoms with Crippen molar-refractivity contribution in [3.63, 3.8) is 0 Å². The summed E-state index contributed by atoms with van der Waals surface area (Å²) < 4.78 is 42.5. The van der Waals surface area contributed by atoms with Crippen molar-refractivity contribution in [3.05, 3.63) is 89.2 Å². The maximum absolute atomic E-state index is 13.7. The number of benzene rings is 2. The van der Waals surface area contributed by atoms with Crippen LogP contribution >= 0.6 is 0 Å². The fraction of sp³-hybridized carbons (Fsp3) is 0.250. The highest BCUT2D eigenvalue weighted by molar-refractivity contribution is 5.95. The van der Waals surface area contributed by atoms with E-state index in [0.29, 0.717) is 40.0 Å². The molecule has 0 aliphatic carbocycles. The molecule has 0 radical (unpaired) electrons. The van der Waals surface area contributed by atoms with E-state index in [2.05, 4.69) is 4.98 Å². The van der Waals surface area contributed by atoms with E-state index in [9.17, 15) is 27.9 Å². The molecule has 0 fully saturated rings. The molecule has 4 rings (SSSR count). The highest BCUT2D eigenvalue weighted by atomic mass is 19.4. The molecule has 0 saturated heterocycles. The second-order valence-electron chi connectivity index (χ2n) is 8.82. The number of hydrogen-bond donors (Lipinski definition) is 1. The van der Waals surface area contributed by atoms with Crippen molar-refractivity contribution >= 4 is 22.9 Å². The molecular weight excluding hydrogens is 483 g/mol. The summed E-state index contributed by atoms with van der Waals surface area (Å²) >= 11 is 0. The number of amides is 1. The maximum Gasteiger partial charge on any atom is 0.416 e. The van der Waals surface area contributed by atoms with Crippen LogP contribution in [0, 0.1) is 6.92 Å². The normalized spacial score (nSPS) is 11.6. The Labute approximate surface area is 212 Å². The number of rotatable bonds is 8. The summed E-state index contributed by atoms with van der Waals surface area (Å²) in [4.78, 5) is 30.6. The number of nitrogens with zero attached hydrogens (tertiary/aromatic N) is 3. The van der Waals surface area contributed by atoms with Gasteiger partial charge in [0.15, 0.2) is 0 Å². The number of pyridine rings is 1. The lowest BCUT2D eigenvalue weighted by molar-refractivity contribution is -0.138. The monoisotopic (exact) mass is 509 g/mol. The van der Waals surface area contributed by atoms with Crippen molar-refractivity contribution in [2.75, 3.05) is 6.54 Å². The summed E-state index contributed by atoms with van der Waals surface area (Å²) in [5.41, 5.74) is 2.99. The van der Waals surface area contributed by atoms with Crippen molar-refractivity contribution < 1.29 is 27.9 Å². The van der Waals surface area contributed by atoms with Crippen LogP contribution < -0.4 is 0 Å². The Morgan fingerprint density at radius 2 is 1.76 bits per heavy atom. The fourth-order valence-electron chi connectivity index (χ4n) is 4.37. The SMILES string of the molecule is CCN(Cc1cc(C(F)(F)F)ccc1-c1cn(CC(=O)O)c2ccc(C)nc12)C(=O)Cc1ccccc1. The smallest absolute Gasteiger partial charge is 0.416 e. The second-order valence-corrected chi connectivity index (χ2v) is 8.82. The topological polar surface area (TPSA) is 75.4 Å². The molecule has 0 spiro atoms. The second kappa shape index (κ2) is 10.5. The lowest BCUT2D eigenvalue weighted by atomic mass is 9.97. The zero-order chi connectivity index (χ0) is 26.7. The summed E-state index contributed by atoms with van der Waals surface area (Å²) in [5, 5.41) is 9.36. The Balaban J connectivity index is 1.81. The van der Waals surface area contributed by atoms with Gasteiger partial charge in [-0.2, -0.15) is 13.2 Å². The van der Waals surface area contributed by atoms with E-state index in [1.54, 1.807) is 32.2 Å². The van der Waals surface area contributed by atoms with E-state index in [1.165, 1.54) is 15.5 Å². The van der Waals surface area contributed by atoms with Crippen LogP contribution in [0.1, 0.15) is 29.3 Å². The third-order valence-corrected chi connectivity index (χ3v) is 6.18. The predicted molar refractivity (Wildman–Crippen MR) is 134 cm³/mol. The van der Waals surface area contributed by atoms with E-state index in [0.717, 1.165) is 17.7 Å². The van der Waals surface area contributed by atoms with Crippen LogP contribution in [0.25, 0.3) is 22.2 Å². The van der Waals surface area contributed by atoms with Gasteiger partial charge in [0, 0.05) is 30.5 Å². The van der Waals surface area contributed by atoms with Gasteiger partial charge in [-0.05, 0) is 54.8 Å². The van der Waals surface area contributed by atoms with Crippen LogP contribution in [0.5, 0.6) is 0 Å². The van der Waals surface area contributed by atoms with E-state index >= 15 is 0 Å². The number of aliphatic carboxylic acids is 1. The van der Waals surface area contributed by atoms with Crippen molar-refractivity contribution in [2.45, 2.75) is 39.5 Å². The molecule has 37 heavy (non-hydrogen) atoms. The third-order valence-electron chi connectivity index (χ3n) is 6.18. The Morgan fingerprint density at radius 3 is 2.41 bits per heavy atom. The molecule has 0 unspecified atom stereocenters. The molecule has 1 amide bonds. The van der Waals surface area contributed by atoms with Gasteiger partial charge in [-0.3, -0.25) is 14.6 Å². The number of fused-ring (bicyclic) bond motifs is 1. The Morgan fingerprint density at radius 1 is 1.03 bits per heavy atom. The van der Waals surface area contributed by atoms with Gasteiger partial charge < -0.3 is 14.6 Å². The Bertz CT molecular complexity index is 1450. The van der Waals surface area contributed by atoms with Crippen molar-refractivity contribution in [1.82, 2.24) is 14.5 Å². The molecule has 2 heterocycles. The first kappa shape index (κ1) is 25.9. The zero-order valence-electron chi connectivity index (χ0n) is 20.4. The Hall–Kier alpha value is -4.14. The predicted octanol–water partition coefficient (Wildman–Crippen LogP) is 5.71. The molecular formula is C28H26F3N3O3. The summed E-state index contributed by atoms with van der Waals surface area (Å²) in [7, 11) is 0. The number of carbonyl (C=O) groups is 2. The van der Waals surface area contributed by atoms with Gasteiger partial charge >= 0.3 is 12.1 Å². The zero-order valence-corrected chi connectivity index (χ0v) is 20.4. The molecule has 9 heteroatoms. The highest BCUT2D eigenvalue weighted by Gasteiger charge is 2.32. The molecule has 0 aliphatic rings. The lowest BCUT2D eigenvalue weighted by Gasteiger charge is -2.23. The van der Waals surface area contributed by atoms with Crippen LogP contribution in [0.15, 0.2) is 66.9 Å². The van der Waals surface area contributed by atoms with Crippen molar-refractivity contribution in [1.29, 1.82) is 0 Å². The largest absolute Gasteiger partial charge is 0.480 e. The first-order chi connectivity index (χ1) is 17.6. The van der Waals surface area contributed by atoms with Crippen LogP contribution in [0.4, 0.5) is 13.2 Å². The number of hydrogen-bond acceptors (Lipinski definition) is 3. The number of aryl methyl sites for hydroxylation is 1. The molecule has 6 nitrogen and oxygen atoms in total. The molecule has 1 N–H and O–H groups in total. The molecule has 2 aromatic carbocycles. The molecule has 0 bridgehead atoms. The fourth-order valence-corrected chi connectivity index (χ4v) is 4.37. The number of alkyl halides is 3. The average molecular weight is 510 g/mol. The van der Waals surface area contributed by atoms with Gasteiger partial charge in [0.1, 0.15) is 6.54 Å². The number of carbonyl (C=O) groups excluding carboxylic acids is 1. The number of aromatic nitrogens is 2. The minimum atomic E-state index is -4.56. The highest BCUT2D eigenvalue weighted by Crippen LogP contribution is 2.37. The summed E-state index contributed by atoms with van der Waals surface area (Å²) in [6.45, 7) is 3.50. The summed E-state index contributed by atoms with van der Waals surface area (Å²) in [5.74, 6) is -1.26. The summed E-state index contributed by atoms with van der Waals surface area (Å²) in [6.07, 6.45) is -2.84. The van der Waals surface area contributed by atoms with Gasteiger partial charge in [-0.15, -0.1) is 0 Å². The third kappa shape index (κ3) is 5.82. The van der Waals surface area contributed by atoms with Crippen LogP contribution in [-0.4, -0.2) is 38.0 Å². The van der Waals surface area contributed by atoms with E-state index in [-0.39, 0.29) is 25.4 Å². The van der Waals surface area contributed by atoms with E-state index in [4.69, 9.17) is 0 Å². The standard InChI is InChI=1S/C28H26F3N3O3/c1-3-33(25(35)13-19-7-5-4-6-8-19)15-20-14-21(28(29,30)31)10-11-22(20)23-16-34(17-26(36)37)24-12-9-18(2)32-27(23)24/h4-12,14,16H,3,13,15,17H2,1-2H3,(H,36,37). The lowest BCUT2D eigenvalue weighted by Crippen LogP contribution is -2.32. The van der Waals surface area contributed by atoms with Gasteiger partial charge in [0.2, 0.25) is 5.91 Å². The maximum atomic E-state index is 13.7. The van der Waals surface area contributed by atoms with Gasteiger partial charge in [-0.1, -0.05) is 36.4 Å². The minimum absolute atomic E-state index is 0.0428. The van der Waals surface area contributed by atoms with Gasteiger partial charge in [0.25, 0.3) is 0 Å². The number of carboxylic acid groups (broad SMARTS) is 1. The van der Waals surface area contributed by atoms with Crippen molar-refractivity contribution in [2.24, 2.45) is 0 Å². The van der Waals surface area contributed by atoms with Gasteiger partial charge in [-0.25, -0.2) is 0 Å². The van der Waals surface area contributed by atoms with Crippen molar-refractivity contribution in [3.8, 4) is 11.1 Å². The molecule has 0 aliphatic heterocycles. The number of carboxylic acids is 1. The molecule has 0 saturated carbocycles. The average Bonchev–Trinajstić information content (AvgIpc) is 3.18. The van der Waals surface area contributed by atoms with Crippen LogP contribution in [0.3, 0.4) is 0 Å². The van der Waals surface area contributed by atoms with E-state index < -0.39 is 17.7 Å². The molecule has 2 aromatic heterocycles. The number of halogens is 3. The Kier molecular flexibility index (Phi) is 7.33. The number of likely N-dealkylation sites (N-methyl/N-ethyl adjacent to an activating group) is 1. The van der Waals surface area contributed by atoms with E-state index in [1.807, 2.05) is 30.3 Å².